The molecule has 0 aliphatic heterocycles. The first-order valence-electron chi connectivity index (χ1n) is 6.27. The highest BCUT2D eigenvalue weighted by molar-refractivity contribution is 4.97. The van der Waals surface area contributed by atoms with Gasteiger partial charge in [0.25, 0.3) is 0 Å². The summed E-state index contributed by atoms with van der Waals surface area (Å²) in [5.74, 6) is 0. The van der Waals surface area contributed by atoms with E-state index in [4.69, 9.17) is 14.2 Å². The lowest BCUT2D eigenvalue weighted by Gasteiger charge is -2.43. The number of rotatable bonds is 9. The van der Waals surface area contributed by atoms with Gasteiger partial charge in [0.05, 0.1) is 24.9 Å². The van der Waals surface area contributed by atoms with Crippen molar-refractivity contribution in [3.63, 3.8) is 0 Å². The van der Waals surface area contributed by atoms with E-state index < -0.39 is 6.10 Å². The lowest BCUT2D eigenvalue weighted by molar-refractivity contribution is -0.131. The lowest BCUT2D eigenvalue weighted by Crippen LogP contribution is -2.60. The number of ether oxygens (including phenoxy) is 3. The van der Waals surface area contributed by atoms with Gasteiger partial charge in [0.2, 0.25) is 0 Å². The molecule has 102 valence electrons. The summed E-state index contributed by atoms with van der Waals surface area (Å²) in [5.41, 5.74) is 0. The second-order valence-corrected chi connectivity index (χ2v) is 4.39. The number of nitrogens with one attached hydrogen (secondary N) is 1. The first-order chi connectivity index (χ1) is 8.22. The van der Waals surface area contributed by atoms with Crippen LogP contribution in [-0.2, 0) is 14.2 Å². The molecule has 0 radical (unpaired) electrons. The normalized spacial score (nSPS) is 30.0. The van der Waals surface area contributed by atoms with Gasteiger partial charge >= 0.3 is 0 Å². The number of aliphatic hydroxyl groups is 1. The van der Waals surface area contributed by atoms with Crippen molar-refractivity contribution in [1.82, 2.24) is 5.32 Å². The van der Waals surface area contributed by atoms with Crippen LogP contribution >= 0.6 is 0 Å². The van der Waals surface area contributed by atoms with Crippen molar-refractivity contribution in [2.45, 2.75) is 44.1 Å². The quantitative estimate of drug-likeness (QED) is 0.608. The molecule has 5 heteroatoms. The van der Waals surface area contributed by atoms with Crippen LogP contribution in [0.2, 0.25) is 0 Å². The van der Waals surface area contributed by atoms with E-state index in [2.05, 4.69) is 5.32 Å². The fourth-order valence-electron chi connectivity index (χ4n) is 2.19. The maximum Gasteiger partial charge on any atom is 0.0986 e. The van der Waals surface area contributed by atoms with Gasteiger partial charge in [-0.05, 0) is 26.3 Å². The van der Waals surface area contributed by atoms with Crippen LogP contribution in [0.15, 0.2) is 0 Å². The minimum Gasteiger partial charge on any atom is -0.391 e. The third-order valence-corrected chi connectivity index (χ3v) is 3.15. The second-order valence-electron chi connectivity index (χ2n) is 4.39. The fraction of sp³-hybridized carbons (Fsp3) is 1.00. The molecule has 4 atom stereocenters. The molecule has 1 saturated carbocycles. The molecular formula is C12H25NO4. The van der Waals surface area contributed by atoms with Gasteiger partial charge in [0.1, 0.15) is 0 Å². The SMILES string of the molecule is CCOC1CC(NCCC(O)COC)C1OC. The van der Waals surface area contributed by atoms with Crippen LogP contribution in [0.5, 0.6) is 0 Å². The summed E-state index contributed by atoms with van der Waals surface area (Å²) in [5, 5.41) is 12.9. The van der Waals surface area contributed by atoms with E-state index in [9.17, 15) is 5.11 Å². The number of methoxy groups -OCH3 is 2. The van der Waals surface area contributed by atoms with Crippen molar-refractivity contribution in [1.29, 1.82) is 0 Å². The zero-order chi connectivity index (χ0) is 12.7. The molecule has 0 aromatic heterocycles. The maximum atomic E-state index is 9.49. The van der Waals surface area contributed by atoms with Crippen molar-refractivity contribution in [3.8, 4) is 0 Å². The molecule has 1 fully saturated rings. The Morgan fingerprint density at radius 3 is 2.76 bits per heavy atom. The second kappa shape index (κ2) is 8.00. The van der Waals surface area contributed by atoms with E-state index >= 15 is 0 Å². The molecular weight excluding hydrogens is 222 g/mol. The van der Waals surface area contributed by atoms with E-state index in [0.717, 1.165) is 19.6 Å². The molecule has 2 N–H and O–H groups in total. The van der Waals surface area contributed by atoms with Crippen LogP contribution in [0.4, 0.5) is 0 Å². The van der Waals surface area contributed by atoms with E-state index in [0.29, 0.717) is 19.1 Å². The molecule has 1 aliphatic carbocycles. The minimum atomic E-state index is -0.392. The van der Waals surface area contributed by atoms with Crippen molar-refractivity contribution >= 4 is 0 Å². The van der Waals surface area contributed by atoms with Gasteiger partial charge in [-0.2, -0.15) is 0 Å². The molecule has 4 unspecified atom stereocenters. The fourth-order valence-corrected chi connectivity index (χ4v) is 2.19. The Morgan fingerprint density at radius 2 is 2.18 bits per heavy atom. The van der Waals surface area contributed by atoms with Crippen molar-refractivity contribution in [2.24, 2.45) is 0 Å². The molecule has 1 rings (SSSR count). The Labute approximate surface area is 103 Å². The average molecular weight is 247 g/mol. The number of hydrogen-bond acceptors (Lipinski definition) is 5. The predicted octanol–water partition coefficient (Wildman–Crippen LogP) is 0.166. The molecule has 0 bridgehead atoms. The zero-order valence-corrected chi connectivity index (χ0v) is 11.0. The summed E-state index contributed by atoms with van der Waals surface area (Å²) in [6.07, 6.45) is 1.63. The summed E-state index contributed by atoms with van der Waals surface area (Å²) in [7, 11) is 3.31. The Hall–Kier alpha value is -0.200. The van der Waals surface area contributed by atoms with Crippen molar-refractivity contribution in [3.05, 3.63) is 0 Å². The third kappa shape index (κ3) is 4.52. The van der Waals surface area contributed by atoms with Gasteiger partial charge in [0.15, 0.2) is 0 Å². The molecule has 0 aromatic rings. The van der Waals surface area contributed by atoms with E-state index in [1.807, 2.05) is 6.92 Å². The molecule has 5 nitrogen and oxygen atoms in total. The van der Waals surface area contributed by atoms with Crippen LogP contribution in [0.1, 0.15) is 19.8 Å². The number of hydrogen-bond donors (Lipinski definition) is 2. The van der Waals surface area contributed by atoms with Crippen LogP contribution in [0.3, 0.4) is 0 Å². The molecule has 17 heavy (non-hydrogen) atoms. The Morgan fingerprint density at radius 1 is 1.41 bits per heavy atom. The Bertz CT molecular complexity index is 203. The Balaban J connectivity index is 2.12. The highest BCUT2D eigenvalue weighted by Crippen LogP contribution is 2.26. The van der Waals surface area contributed by atoms with Gasteiger partial charge in [0, 0.05) is 26.9 Å². The average Bonchev–Trinajstić information content (AvgIpc) is 2.27. The number of aliphatic hydroxyl groups excluding tert-OH is 1. The van der Waals surface area contributed by atoms with E-state index in [-0.39, 0.29) is 12.2 Å². The van der Waals surface area contributed by atoms with Crippen LogP contribution in [0, 0.1) is 0 Å². The van der Waals surface area contributed by atoms with E-state index in [1.54, 1.807) is 14.2 Å². The third-order valence-electron chi connectivity index (χ3n) is 3.15. The minimum absolute atomic E-state index is 0.134. The van der Waals surface area contributed by atoms with Crippen LogP contribution < -0.4 is 5.32 Å². The van der Waals surface area contributed by atoms with Gasteiger partial charge in [-0.1, -0.05) is 0 Å². The smallest absolute Gasteiger partial charge is 0.0986 e. The molecule has 0 spiro atoms. The van der Waals surface area contributed by atoms with Crippen LogP contribution in [-0.4, -0.2) is 63.4 Å². The molecule has 1 aliphatic rings. The highest BCUT2D eigenvalue weighted by Gasteiger charge is 2.41. The van der Waals surface area contributed by atoms with Crippen molar-refractivity contribution < 1.29 is 19.3 Å². The van der Waals surface area contributed by atoms with Gasteiger partial charge in [-0.3, -0.25) is 0 Å². The molecule has 0 aromatic carbocycles. The first kappa shape index (κ1) is 14.9. The molecule has 0 amide bonds. The lowest BCUT2D eigenvalue weighted by atomic mass is 9.85. The van der Waals surface area contributed by atoms with Crippen LogP contribution in [0.25, 0.3) is 0 Å². The first-order valence-corrected chi connectivity index (χ1v) is 6.27. The highest BCUT2D eigenvalue weighted by atomic mass is 16.5. The Kier molecular flexibility index (Phi) is 6.99. The van der Waals surface area contributed by atoms with Gasteiger partial charge in [-0.15, -0.1) is 0 Å². The summed E-state index contributed by atoms with van der Waals surface area (Å²) >= 11 is 0. The molecule has 0 saturated heterocycles. The summed E-state index contributed by atoms with van der Waals surface area (Å²) in [4.78, 5) is 0. The predicted molar refractivity (Wildman–Crippen MR) is 65.1 cm³/mol. The molecule has 0 heterocycles. The van der Waals surface area contributed by atoms with Gasteiger partial charge < -0.3 is 24.6 Å². The summed E-state index contributed by atoms with van der Waals surface area (Å²) < 4.78 is 15.8. The van der Waals surface area contributed by atoms with Crippen molar-refractivity contribution in [2.75, 3.05) is 34.0 Å². The standard InChI is InChI=1S/C12H25NO4/c1-4-17-11-7-10(12(11)16-3)13-6-5-9(14)8-15-2/h9-14H,4-8H2,1-3H3. The summed E-state index contributed by atoms with van der Waals surface area (Å²) in [6.45, 7) is 3.88. The largest absolute Gasteiger partial charge is 0.391 e. The topological polar surface area (TPSA) is 60.0 Å². The summed E-state index contributed by atoms with van der Waals surface area (Å²) in [6, 6.07) is 0.339. The monoisotopic (exact) mass is 247 g/mol. The maximum absolute atomic E-state index is 9.49. The van der Waals surface area contributed by atoms with Gasteiger partial charge in [-0.25, -0.2) is 0 Å². The van der Waals surface area contributed by atoms with E-state index in [1.165, 1.54) is 0 Å². The zero-order valence-electron chi connectivity index (χ0n) is 11.0.